The molecule has 1 heterocycles. The molecule has 0 bridgehead atoms. The number of hydrogen-bond donors (Lipinski definition) is 0. The maximum atomic E-state index is 5.81. The lowest BCUT2D eigenvalue weighted by Gasteiger charge is -2.18. The molecule has 1 atom stereocenters. The van der Waals surface area contributed by atoms with Gasteiger partial charge in [-0.25, -0.2) is 0 Å². The van der Waals surface area contributed by atoms with E-state index < -0.39 is 0 Å². The first-order valence-electron chi connectivity index (χ1n) is 8.09. The highest BCUT2D eigenvalue weighted by molar-refractivity contribution is 7.98. The summed E-state index contributed by atoms with van der Waals surface area (Å²) < 4.78 is 8.12. The summed E-state index contributed by atoms with van der Waals surface area (Å²) in [7, 11) is 4.18. The Morgan fingerprint density at radius 3 is 2.95 bits per heavy atom. The van der Waals surface area contributed by atoms with Crippen LogP contribution in [0.25, 0.3) is 0 Å². The zero-order valence-corrected chi connectivity index (χ0v) is 14.8. The summed E-state index contributed by atoms with van der Waals surface area (Å²) in [4.78, 5) is 2.19. The van der Waals surface area contributed by atoms with E-state index in [0.717, 1.165) is 37.5 Å². The fourth-order valence-electron chi connectivity index (χ4n) is 2.46. The van der Waals surface area contributed by atoms with E-state index in [0.29, 0.717) is 6.04 Å². The molecule has 122 valence electrons. The maximum absolute atomic E-state index is 5.81. The van der Waals surface area contributed by atoms with Crippen LogP contribution in [0.3, 0.4) is 0 Å². The van der Waals surface area contributed by atoms with Crippen LogP contribution < -0.4 is 0 Å². The van der Waals surface area contributed by atoms with Crippen LogP contribution in [0.15, 0.2) is 42.4 Å². The average Bonchev–Trinajstić information content (AvgIpc) is 2.99. The molecule has 1 aromatic heterocycles. The fourth-order valence-corrected chi connectivity index (χ4v) is 3.07. The highest BCUT2D eigenvalue weighted by Gasteiger charge is 2.11. The van der Waals surface area contributed by atoms with Gasteiger partial charge in [0.15, 0.2) is 0 Å². The van der Waals surface area contributed by atoms with E-state index in [-0.39, 0.29) is 0 Å². The van der Waals surface area contributed by atoms with Gasteiger partial charge in [-0.2, -0.15) is 11.8 Å². The topological polar surface area (TPSA) is 17.4 Å². The van der Waals surface area contributed by atoms with Crippen LogP contribution in [0.5, 0.6) is 0 Å². The zero-order chi connectivity index (χ0) is 15.8. The van der Waals surface area contributed by atoms with Crippen LogP contribution in [0, 0.1) is 0 Å². The number of ether oxygens (including phenoxy) is 1. The van der Waals surface area contributed by atoms with Gasteiger partial charge >= 0.3 is 0 Å². The van der Waals surface area contributed by atoms with E-state index >= 15 is 0 Å². The van der Waals surface area contributed by atoms with Gasteiger partial charge in [0.05, 0.1) is 12.6 Å². The first-order chi connectivity index (χ1) is 10.7. The molecule has 0 saturated heterocycles. The van der Waals surface area contributed by atoms with Crippen molar-refractivity contribution in [3.05, 3.63) is 48.0 Å². The number of thioether (sulfide) groups is 1. The smallest absolute Gasteiger partial charge is 0.115 e. The lowest BCUT2D eigenvalue weighted by atomic mass is 10.1. The molecule has 1 unspecified atom stereocenters. The Morgan fingerprint density at radius 1 is 1.41 bits per heavy atom. The van der Waals surface area contributed by atoms with E-state index in [4.69, 9.17) is 4.74 Å². The second kappa shape index (κ2) is 9.11. The largest absolute Gasteiger partial charge is 0.494 e. The Kier molecular flexibility index (Phi) is 7.13. The summed E-state index contributed by atoms with van der Waals surface area (Å²) in [6.45, 7) is 4.07. The van der Waals surface area contributed by atoms with Crippen molar-refractivity contribution in [1.82, 2.24) is 9.47 Å². The first kappa shape index (κ1) is 17.2. The molecule has 0 aromatic carbocycles. The van der Waals surface area contributed by atoms with Gasteiger partial charge in [-0.15, -0.1) is 0 Å². The van der Waals surface area contributed by atoms with Gasteiger partial charge in [-0.3, -0.25) is 0 Å². The van der Waals surface area contributed by atoms with Gasteiger partial charge in [-0.05, 0) is 56.5 Å². The van der Waals surface area contributed by atoms with Crippen molar-refractivity contribution in [2.24, 2.45) is 0 Å². The number of rotatable bonds is 9. The molecule has 22 heavy (non-hydrogen) atoms. The van der Waals surface area contributed by atoms with Crippen LogP contribution in [-0.4, -0.2) is 42.5 Å². The molecule has 1 aromatic rings. The van der Waals surface area contributed by atoms with E-state index in [1.54, 1.807) is 0 Å². The molecule has 0 amide bonds. The standard InChI is InChI=1S/C18H28N2OS/c1-4-22-15-16-10-12-20(14-16)17-6-8-18(9-7-17)21-13-5-11-19(2)3/h6,8-10,12,14,17H,4-5,7,11,13,15H2,1-3H3. The van der Waals surface area contributed by atoms with Gasteiger partial charge in [-0.1, -0.05) is 13.0 Å². The van der Waals surface area contributed by atoms with Gasteiger partial charge in [0.1, 0.15) is 5.76 Å². The van der Waals surface area contributed by atoms with E-state index in [2.05, 4.69) is 67.2 Å². The highest BCUT2D eigenvalue weighted by atomic mass is 32.2. The Morgan fingerprint density at radius 2 is 2.27 bits per heavy atom. The third-order valence-corrected chi connectivity index (χ3v) is 4.64. The Labute approximate surface area is 139 Å². The van der Waals surface area contributed by atoms with Crippen molar-refractivity contribution >= 4 is 11.8 Å². The van der Waals surface area contributed by atoms with Crippen molar-refractivity contribution in [3.8, 4) is 0 Å². The van der Waals surface area contributed by atoms with Crippen LogP contribution in [0.4, 0.5) is 0 Å². The summed E-state index contributed by atoms with van der Waals surface area (Å²) in [6, 6.07) is 2.66. The molecular weight excluding hydrogens is 292 g/mol. The molecule has 0 fully saturated rings. The molecule has 1 aliphatic rings. The predicted molar refractivity (Wildman–Crippen MR) is 96.3 cm³/mol. The molecule has 0 spiro atoms. The normalized spacial score (nSPS) is 17.8. The third-order valence-electron chi connectivity index (χ3n) is 3.69. The number of allylic oxidation sites excluding steroid dienone is 3. The van der Waals surface area contributed by atoms with E-state index in [9.17, 15) is 0 Å². The third kappa shape index (κ3) is 5.58. The van der Waals surface area contributed by atoms with Crippen molar-refractivity contribution in [2.75, 3.05) is 33.0 Å². The van der Waals surface area contributed by atoms with Crippen molar-refractivity contribution in [1.29, 1.82) is 0 Å². The van der Waals surface area contributed by atoms with Crippen LogP contribution in [-0.2, 0) is 10.5 Å². The second-order valence-corrected chi connectivity index (χ2v) is 7.15. The van der Waals surface area contributed by atoms with Crippen molar-refractivity contribution < 1.29 is 4.74 Å². The molecule has 1 aliphatic carbocycles. The van der Waals surface area contributed by atoms with E-state index in [1.807, 2.05) is 11.8 Å². The van der Waals surface area contributed by atoms with Crippen molar-refractivity contribution in [2.45, 2.75) is 31.6 Å². The zero-order valence-electron chi connectivity index (χ0n) is 14.0. The lowest BCUT2D eigenvalue weighted by Crippen LogP contribution is -2.15. The molecule has 0 saturated carbocycles. The molecule has 4 heteroatoms. The minimum atomic E-state index is 0.425. The Bertz CT molecular complexity index is 505. The summed E-state index contributed by atoms with van der Waals surface area (Å²) in [5, 5.41) is 0. The lowest BCUT2D eigenvalue weighted by molar-refractivity contribution is 0.204. The average molecular weight is 321 g/mol. The van der Waals surface area contributed by atoms with E-state index in [1.165, 1.54) is 11.3 Å². The summed E-state index contributed by atoms with van der Waals surface area (Å²) >= 11 is 1.97. The highest BCUT2D eigenvalue weighted by Crippen LogP contribution is 2.24. The van der Waals surface area contributed by atoms with Crippen molar-refractivity contribution in [3.63, 3.8) is 0 Å². The quantitative estimate of drug-likeness (QED) is 0.638. The summed E-state index contributed by atoms with van der Waals surface area (Å²) in [5.74, 6) is 3.30. The molecular formula is C18H28N2OS. The monoisotopic (exact) mass is 320 g/mol. The molecule has 0 radical (unpaired) electrons. The van der Waals surface area contributed by atoms with Gasteiger partial charge in [0.2, 0.25) is 0 Å². The minimum absolute atomic E-state index is 0.425. The molecule has 3 nitrogen and oxygen atoms in total. The SMILES string of the molecule is CCSCc1ccn(C2C=CC(OCCCN(C)C)=CC2)c1. The molecule has 0 N–H and O–H groups in total. The second-order valence-electron chi connectivity index (χ2n) is 5.88. The fraction of sp³-hybridized carbons (Fsp3) is 0.556. The number of aromatic nitrogens is 1. The van der Waals surface area contributed by atoms with Crippen LogP contribution in [0.1, 0.15) is 31.4 Å². The Balaban J connectivity index is 1.76. The summed E-state index contributed by atoms with van der Waals surface area (Å²) in [6.07, 6.45) is 13.1. The molecule has 0 aliphatic heterocycles. The van der Waals surface area contributed by atoms with Crippen LogP contribution in [0.2, 0.25) is 0 Å². The van der Waals surface area contributed by atoms with Gasteiger partial charge < -0.3 is 14.2 Å². The predicted octanol–water partition coefficient (Wildman–Crippen LogP) is 4.09. The minimum Gasteiger partial charge on any atom is -0.494 e. The van der Waals surface area contributed by atoms with Crippen LogP contribution >= 0.6 is 11.8 Å². The van der Waals surface area contributed by atoms with Gasteiger partial charge in [0.25, 0.3) is 0 Å². The van der Waals surface area contributed by atoms with Gasteiger partial charge in [0, 0.05) is 24.7 Å². The first-order valence-corrected chi connectivity index (χ1v) is 9.24. The number of hydrogen-bond acceptors (Lipinski definition) is 3. The summed E-state index contributed by atoms with van der Waals surface area (Å²) in [5.41, 5.74) is 1.41. The maximum Gasteiger partial charge on any atom is 0.115 e. The molecule has 2 rings (SSSR count). The Hall–Kier alpha value is -1.13. The number of nitrogens with zero attached hydrogens (tertiary/aromatic N) is 2.